The lowest BCUT2D eigenvalue weighted by atomic mass is 10.3. The second-order valence-electron chi connectivity index (χ2n) is 3.56. The van der Waals surface area contributed by atoms with Gasteiger partial charge in [0.2, 0.25) is 0 Å². The van der Waals surface area contributed by atoms with Crippen LogP contribution in [-0.4, -0.2) is 16.0 Å². The molecule has 0 fully saturated rings. The van der Waals surface area contributed by atoms with Gasteiger partial charge in [-0.25, -0.2) is 0 Å². The molecule has 80 valence electrons. The van der Waals surface area contributed by atoms with Crippen molar-refractivity contribution in [1.82, 2.24) is 10.2 Å². The maximum Gasteiger partial charge on any atom is 0.276 e. The maximum absolute atomic E-state index is 5.53. The van der Waals surface area contributed by atoms with E-state index in [0.717, 1.165) is 10.6 Å². The third-order valence-corrected chi connectivity index (χ3v) is 3.78. The van der Waals surface area contributed by atoms with Gasteiger partial charge >= 0.3 is 0 Å². The molecule has 0 unspecified atom stereocenters. The van der Waals surface area contributed by atoms with Crippen LogP contribution in [-0.2, 0) is 0 Å². The second kappa shape index (κ2) is 4.81. The molecule has 2 heterocycles. The fourth-order valence-corrected chi connectivity index (χ4v) is 2.36. The summed E-state index contributed by atoms with van der Waals surface area (Å²) >= 11 is 3.22. The largest absolute Gasteiger partial charge is 0.410 e. The maximum atomic E-state index is 5.53. The number of rotatable bonds is 4. The molecule has 0 radical (unpaired) electrons. The van der Waals surface area contributed by atoms with Crippen LogP contribution in [0.4, 0.5) is 0 Å². The van der Waals surface area contributed by atoms with E-state index in [-0.39, 0.29) is 0 Å². The molecule has 0 aromatic carbocycles. The van der Waals surface area contributed by atoms with Crippen LogP contribution >= 0.6 is 23.1 Å². The molecule has 2 rings (SSSR count). The van der Waals surface area contributed by atoms with Crippen molar-refractivity contribution >= 4 is 23.1 Å². The molecule has 5 heteroatoms. The lowest BCUT2D eigenvalue weighted by Gasteiger charge is -1.98. The Bertz CT molecular complexity index is 409. The summed E-state index contributed by atoms with van der Waals surface area (Å²) in [6.45, 7) is 4.34. The van der Waals surface area contributed by atoms with Crippen molar-refractivity contribution in [2.45, 2.75) is 19.1 Å². The summed E-state index contributed by atoms with van der Waals surface area (Å²) < 4.78 is 5.53. The van der Waals surface area contributed by atoms with E-state index in [1.807, 2.05) is 17.5 Å². The molecule has 3 nitrogen and oxygen atoms in total. The fourth-order valence-electron chi connectivity index (χ4n) is 1.01. The van der Waals surface area contributed by atoms with Crippen LogP contribution in [0.1, 0.15) is 13.8 Å². The number of nitrogens with zero attached hydrogens (tertiary/aromatic N) is 2. The van der Waals surface area contributed by atoms with Gasteiger partial charge in [-0.2, -0.15) is 0 Å². The number of aromatic nitrogens is 2. The molecule has 0 atom stereocenters. The molecule has 0 amide bonds. The average Bonchev–Trinajstić information content (AvgIpc) is 2.85. The Balaban J connectivity index is 2.04. The Morgan fingerprint density at radius 3 is 3.00 bits per heavy atom. The summed E-state index contributed by atoms with van der Waals surface area (Å²) in [5, 5.41) is 10.7. The zero-order valence-corrected chi connectivity index (χ0v) is 10.3. The first-order valence-electron chi connectivity index (χ1n) is 4.76. The summed E-state index contributed by atoms with van der Waals surface area (Å²) in [7, 11) is 0. The standard InChI is InChI=1S/C10H12N2OS2/c1-7(2)6-15-10-12-11-9(13-10)8-4-3-5-14-8/h3-5,7H,6H2,1-2H3. The van der Waals surface area contributed by atoms with E-state index in [1.54, 1.807) is 23.1 Å². The van der Waals surface area contributed by atoms with Crippen molar-refractivity contribution in [2.75, 3.05) is 5.75 Å². The van der Waals surface area contributed by atoms with E-state index in [9.17, 15) is 0 Å². The minimum atomic E-state index is 0.622. The highest BCUT2D eigenvalue weighted by molar-refractivity contribution is 7.99. The minimum Gasteiger partial charge on any atom is -0.410 e. The van der Waals surface area contributed by atoms with Gasteiger partial charge in [0.15, 0.2) is 0 Å². The van der Waals surface area contributed by atoms with Crippen molar-refractivity contribution in [3.05, 3.63) is 17.5 Å². The van der Waals surface area contributed by atoms with Crippen molar-refractivity contribution in [3.8, 4) is 10.8 Å². The third kappa shape index (κ3) is 2.82. The first-order chi connectivity index (χ1) is 7.25. The van der Waals surface area contributed by atoms with Crippen molar-refractivity contribution in [2.24, 2.45) is 5.92 Å². The predicted molar refractivity (Wildman–Crippen MR) is 63.2 cm³/mol. The van der Waals surface area contributed by atoms with Gasteiger partial charge in [-0.15, -0.1) is 21.5 Å². The quantitative estimate of drug-likeness (QED) is 0.766. The Labute approximate surface area is 96.9 Å². The van der Waals surface area contributed by atoms with E-state index in [1.165, 1.54) is 0 Å². The SMILES string of the molecule is CC(C)CSc1nnc(-c2cccs2)o1. The number of hydrogen-bond donors (Lipinski definition) is 0. The van der Waals surface area contributed by atoms with Gasteiger partial charge in [-0.3, -0.25) is 0 Å². The highest BCUT2D eigenvalue weighted by Gasteiger charge is 2.09. The molecule has 0 aliphatic carbocycles. The lowest BCUT2D eigenvalue weighted by molar-refractivity contribution is 0.466. The Kier molecular flexibility index (Phi) is 3.43. The summed E-state index contributed by atoms with van der Waals surface area (Å²) in [5.41, 5.74) is 0. The van der Waals surface area contributed by atoms with Crippen LogP contribution < -0.4 is 0 Å². The van der Waals surface area contributed by atoms with Crippen LogP contribution in [0.15, 0.2) is 27.2 Å². The average molecular weight is 240 g/mol. The molecule has 0 bridgehead atoms. The monoisotopic (exact) mass is 240 g/mol. The molecule has 0 spiro atoms. The number of thiophene rings is 1. The van der Waals surface area contributed by atoms with Crippen molar-refractivity contribution in [1.29, 1.82) is 0 Å². The first-order valence-corrected chi connectivity index (χ1v) is 6.62. The second-order valence-corrected chi connectivity index (χ2v) is 5.47. The van der Waals surface area contributed by atoms with Crippen LogP contribution in [0.2, 0.25) is 0 Å². The minimum absolute atomic E-state index is 0.622. The van der Waals surface area contributed by atoms with Crippen LogP contribution in [0, 0.1) is 5.92 Å². The summed E-state index contributed by atoms with van der Waals surface area (Å²) in [5.74, 6) is 2.26. The fraction of sp³-hybridized carbons (Fsp3) is 0.400. The molecule has 0 saturated carbocycles. The topological polar surface area (TPSA) is 38.9 Å². The van der Waals surface area contributed by atoms with Crippen molar-refractivity contribution < 1.29 is 4.42 Å². The normalized spacial score (nSPS) is 11.1. The van der Waals surface area contributed by atoms with Gasteiger partial charge < -0.3 is 4.42 Å². The van der Waals surface area contributed by atoms with Crippen LogP contribution in [0.3, 0.4) is 0 Å². The Morgan fingerprint density at radius 1 is 1.47 bits per heavy atom. The molecule has 0 N–H and O–H groups in total. The summed E-state index contributed by atoms with van der Waals surface area (Å²) in [6.07, 6.45) is 0. The Morgan fingerprint density at radius 2 is 2.33 bits per heavy atom. The van der Waals surface area contributed by atoms with E-state index >= 15 is 0 Å². The molecule has 15 heavy (non-hydrogen) atoms. The highest BCUT2D eigenvalue weighted by Crippen LogP contribution is 2.27. The molecule has 2 aromatic heterocycles. The van der Waals surface area contributed by atoms with E-state index in [2.05, 4.69) is 24.0 Å². The molecule has 0 aliphatic heterocycles. The van der Waals surface area contributed by atoms with Gasteiger partial charge in [0.25, 0.3) is 11.1 Å². The van der Waals surface area contributed by atoms with Gasteiger partial charge in [-0.1, -0.05) is 31.7 Å². The van der Waals surface area contributed by atoms with Gasteiger partial charge in [0.1, 0.15) is 0 Å². The molecule has 0 aliphatic rings. The van der Waals surface area contributed by atoms with Gasteiger partial charge in [0.05, 0.1) is 4.88 Å². The van der Waals surface area contributed by atoms with Crippen molar-refractivity contribution in [3.63, 3.8) is 0 Å². The zero-order chi connectivity index (χ0) is 10.7. The number of thioether (sulfide) groups is 1. The van der Waals surface area contributed by atoms with Gasteiger partial charge in [0, 0.05) is 5.75 Å². The molecular weight excluding hydrogens is 228 g/mol. The van der Waals surface area contributed by atoms with Gasteiger partial charge in [-0.05, 0) is 17.4 Å². The third-order valence-electron chi connectivity index (χ3n) is 1.68. The Hall–Kier alpha value is -0.810. The highest BCUT2D eigenvalue weighted by atomic mass is 32.2. The van der Waals surface area contributed by atoms with E-state index < -0.39 is 0 Å². The first kappa shape index (κ1) is 10.7. The van der Waals surface area contributed by atoms with E-state index in [0.29, 0.717) is 17.0 Å². The van der Waals surface area contributed by atoms with Crippen LogP contribution in [0.25, 0.3) is 10.8 Å². The summed E-state index contributed by atoms with van der Waals surface area (Å²) in [6, 6.07) is 3.96. The summed E-state index contributed by atoms with van der Waals surface area (Å²) in [4.78, 5) is 1.03. The lowest BCUT2D eigenvalue weighted by Crippen LogP contribution is -1.89. The van der Waals surface area contributed by atoms with E-state index in [4.69, 9.17) is 4.42 Å². The zero-order valence-electron chi connectivity index (χ0n) is 8.64. The molecule has 2 aromatic rings. The smallest absolute Gasteiger partial charge is 0.276 e. The number of hydrogen-bond acceptors (Lipinski definition) is 5. The predicted octanol–water partition coefficient (Wildman–Crippen LogP) is 3.55. The van der Waals surface area contributed by atoms with Crippen LogP contribution in [0.5, 0.6) is 0 Å². The molecular formula is C10H12N2OS2. The molecule has 0 saturated heterocycles.